The Morgan fingerprint density at radius 1 is 1.43 bits per heavy atom. The molecule has 0 unspecified atom stereocenters. The summed E-state index contributed by atoms with van der Waals surface area (Å²) in [5, 5.41) is 13.9. The molecule has 0 aliphatic carbocycles. The maximum atomic E-state index is 12.1. The first-order valence-corrected chi connectivity index (χ1v) is 7.03. The average Bonchev–Trinajstić information content (AvgIpc) is 2.92. The van der Waals surface area contributed by atoms with Crippen molar-refractivity contribution >= 4 is 11.5 Å². The predicted octanol–water partition coefficient (Wildman–Crippen LogP) is 2.03. The van der Waals surface area contributed by atoms with Crippen LogP contribution in [0.3, 0.4) is 0 Å². The Hall–Kier alpha value is -1.57. The Labute approximate surface area is 121 Å². The molecule has 0 saturated carbocycles. The monoisotopic (exact) mass is 303 g/mol. The minimum absolute atomic E-state index is 0.0287. The molecule has 2 rings (SSSR count). The van der Waals surface area contributed by atoms with Crippen molar-refractivity contribution < 1.29 is 13.2 Å². The minimum atomic E-state index is -4.10. The molecular formula is C13H20F3N5. The van der Waals surface area contributed by atoms with E-state index in [0.717, 1.165) is 25.2 Å². The third-order valence-corrected chi connectivity index (χ3v) is 3.54. The molecule has 2 heterocycles. The topological polar surface area (TPSA) is 53.1 Å². The lowest BCUT2D eigenvalue weighted by molar-refractivity contribution is -0.134. The Kier molecular flexibility index (Phi) is 5.22. The summed E-state index contributed by atoms with van der Waals surface area (Å²) in [5.41, 5.74) is 0.945. The first kappa shape index (κ1) is 15.8. The largest absolute Gasteiger partial charge is 0.389 e. The molecule has 1 aromatic heterocycles. The highest BCUT2D eigenvalue weighted by Gasteiger charge is 2.26. The van der Waals surface area contributed by atoms with E-state index < -0.39 is 12.6 Å². The molecule has 2 N–H and O–H groups in total. The first-order chi connectivity index (χ1) is 9.98. The number of hydrogen-bond donors (Lipinski definition) is 2. The lowest BCUT2D eigenvalue weighted by Crippen LogP contribution is -2.29. The van der Waals surface area contributed by atoms with Gasteiger partial charge in [-0.2, -0.15) is 18.3 Å². The molecule has 0 bridgehead atoms. The second kappa shape index (κ2) is 6.93. The summed E-state index contributed by atoms with van der Waals surface area (Å²) in [5.74, 6) is 0.516. The van der Waals surface area contributed by atoms with E-state index >= 15 is 0 Å². The van der Waals surface area contributed by atoms with Crippen molar-refractivity contribution in [1.29, 1.82) is 0 Å². The zero-order chi connectivity index (χ0) is 15.3. The molecule has 1 saturated heterocycles. The van der Waals surface area contributed by atoms with Crippen molar-refractivity contribution in [2.45, 2.75) is 31.5 Å². The third-order valence-electron chi connectivity index (χ3n) is 3.54. The molecule has 0 spiro atoms. The fourth-order valence-corrected chi connectivity index (χ4v) is 2.35. The Balaban J connectivity index is 1.84. The molecule has 1 atom stereocenters. The summed E-state index contributed by atoms with van der Waals surface area (Å²) in [6.45, 7) is 2.07. The van der Waals surface area contributed by atoms with Gasteiger partial charge in [0.15, 0.2) is 5.82 Å². The fraction of sp³-hybridized carbons (Fsp3) is 0.692. The number of aromatic nitrogens is 2. The fourth-order valence-electron chi connectivity index (χ4n) is 2.35. The quantitative estimate of drug-likeness (QED) is 0.788. The molecule has 1 fully saturated rings. The van der Waals surface area contributed by atoms with Crippen molar-refractivity contribution in [2.24, 2.45) is 0 Å². The van der Waals surface area contributed by atoms with Gasteiger partial charge in [-0.15, -0.1) is 5.10 Å². The predicted molar refractivity (Wildman–Crippen MR) is 75.5 cm³/mol. The van der Waals surface area contributed by atoms with Gasteiger partial charge in [0.1, 0.15) is 0 Å². The molecule has 8 heteroatoms. The highest BCUT2D eigenvalue weighted by molar-refractivity contribution is 5.52. The summed E-state index contributed by atoms with van der Waals surface area (Å²) in [7, 11) is 1.94. The van der Waals surface area contributed by atoms with E-state index in [1.54, 1.807) is 6.20 Å². The van der Waals surface area contributed by atoms with Crippen molar-refractivity contribution in [2.75, 3.05) is 36.9 Å². The van der Waals surface area contributed by atoms with Crippen LogP contribution in [0.4, 0.5) is 24.7 Å². The SMILES string of the molecule is CN[C@@H]1CCN(c2cnnc(NCCCC(F)(F)F)c2)C1. The zero-order valence-corrected chi connectivity index (χ0v) is 12.0. The van der Waals surface area contributed by atoms with Gasteiger partial charge in [0.25, 0.3) is 0 Å². The van der Waals surface area contributed by atoms with E-state index in [1.807, 2.05) is 13.1 Å². The standard InChI is InChI=1S/C13H20F3N5/c1-17-10-3-6-21(9-10)11-7-12(20-19-8-11)18-5-2-4-13(14,15)16/h7-8,10,17H,2-6,9H2,1H3,(H,18,20)/t10-/m1/s1. The van der Waals surface area contributed by atoms with Crippen LogP contribution in [0.5, 0.6) is 0 Å². The van der Waals surface area contributed by atoms with Crippen LogP contribution in [-0.2, 0) is 0 Å². The Bertz CT molecular complexity index is 452. The van der Waals surface area contributed by atoms with Crippen molar-refractivity contribution in [1.82, 2.24) is 15.5 Å². The van der Waals surface area contributed by atoms with E-state index in [4.69, 9.17) is 0 Å². The Morgan fingerprint density at radius 3 is 2.90 bits per heavy atom. The summed E-state index contributed by atoms with van der Waals surface area (Å²) in [6.07, 6.45) is -2.12. The van der Waals surface area contributed by atoms with Gasteiger partial charge in [-0.1, -0.05) is 0 Å². The van der Waals surface area contributed by atoms with Gasteiger partial charge in [-0.25, -0.2) is 0 Å². The van der Waals surface area contributed by atoms with Crippen molar-refractivity contribution in [3.63, 3.8) is 0 Å². The van der Waals surface area contributed by atoms with Crippen LogP contribution in [-0.4, -0.2) is 49.1 Å². The van der Waals surface area contributed by atoms with Crippen LogP contribution in [0.25, 0.3) is 0 Å². The van der Waals surface area contributed by atoms with Crippen LogP contribution in [0.1, 0.15) is 19.3 Å². The van der Waals surface area contributed by atoms with Crippen LogP contribution < -0.4 is 15.5 Å². The molecule has 0 aromatic carbocycles. The van der Waals surface area contributed by atoms with Crippen molar-refractivity contribution in [3.05, 3.63) is 12.3 Å². The summed E-state index contributed by atoms with van der Waals surface area (Å²) in [4.78, 5) is 2.19. The maximum absolute atomic E-state index is 12.1. The molecule has 1 aromatic rings. The molecule has 21 heavy (non-hydrogen) atoms. The molecule has 118 valence electrons. The highest BCUT2D eigenvalue weighted by Crippen LogP contribution is 2.22. The number of alkyl halides is 3. The van der Waals surface area contributed by atoms with E-state index in [2.05, 4.69) is 25.7 Å². The molecule has 0 amide bonds. The molecule has 1 aliphatic heterocycles. The van der Waals surface area contributed by atoms with E-state index in [-0.39, 0.29) is 13.0 Å². The van der Waals surface area contributed by atoms with Gasteiger partial charge in [-0.3, -0.25) is 0 Å². The van der Waals surface area contributed by atoms with Gasteiger partial charge in [-0.05, 0) is 19.9 Å². The normalized spacial score (nSPS) is 19.0. The third kappa shape index (κ3) is 5.04. The van der Waals surface area contributed by atoms with Crippen LogP contribution in [0.2, 0.25) is 0 Å². The second-order valence-corrected chi connectivity index (χ2v) is 5.16. The summed E-state index contributed by atoms with van der Waals surface area (Å²) in [6, 6.07) is 2.29. The van der Waals surface area contributed by atoms with Crippen LogP contribution in [0.15, 0.2) is 12.3 Å². The van der Waals surface area contributed by atoms with Crippen LogP contribution >= 0.6 is 0 Å². The second-order valence-electron chi connectivity index (χ2n) is 5.16. The summed E-state index contributed by atoms with van der Waals surface area (Å²) < 4.78 is 36.2. The lowest BCUT2D eigenvalue weighted by atomic mass is 10.3. The minimum Gasteiger partial charge on any atom is -0.369 e. The molecular weight excluding hydrogens is 283 g/mol. The highest BCUT2D eigenvalue weighted by atomic mass is 19.4. The van der Waals surface area contributed by atoms with Gasteiger partial charge in [0, 0.05) is 38.2 Å². The number of hydrogen-bond acceptors (Lipinski definition) is 5. The van der Waals surface area contributed by atoms with Gasteiger partial charge < -0.3 is 15.5 Å². The number of likely N-dealkylation sites (N-methyl/N-ethyl adjacent to an activating group) is 1. The van der Waals surface area contributed by atoms with Crippen LogP contribution in [0, 0.1) is 0 Å². The van der Waals surface area contributed by atoms with Crippen molar-refractivity contribution in [3.8, 4) is 0 Å². The first-order valence-electron chi connectivity index (χ1n) is 7.03. The maximum Gasteiger partial charge on any atom is 0.389 e. The number of halogens is 3. The number of anilines is 2. The zero-order valence-electron chi connectivity index (χ0n) is 12.0. The Morgan fingerprint density at radius 2 is 2.24 bits per heavy atom. The lowest BCUT2D eigenvalue weighted by Gasteiger charge is -2.18. The van der Waals surface area contributed by atoms with Gasteiger partial charge >= 0.3 is 6.18 Å². The smallest absolute Gasteiger partial charge is 0.369 e. The molecule has 1 aliphatic rings. The van der Waals surface area contributed by atoms with E-state index in [9.17, 15) is 13.2 Å². The van der Waals surface area contributed by atoms with Gasteiger partial charge in [0.2, 0.25) is 0 Å². The molecule has 5 nitrogen and oxygen atoms in total. The number of rotatable bonds is 6. The number of nitrogens with zero attached hydrogens (tertiary/aromatic N) is 3. The number of nitrogens with one attached hydrogen (secondary N) is 2. The summed E-state index contributed by atoms with van der Waals surface area (Å²) >= 11 is 0. The van der Waals surface area contributed by atoms with E-state index in [0.29, 0.717) is 11.9 Å². The molecule has 0 radical (unpaired) electrons. The van der Waals surface area contributed by atoms with Gasteiger partial charge in [0.05, 0.1) is 11.9 Å². The van der Waals surface area contributed by atoms with E-state index in [1.165, 1.54) is 0 Å². The average molecular weight is 303 g/mol.